The highest BCUT2D eigenvalue weighted by atomic mass is 32.2. The molecule has 0 saturated heterocycles. The molecule has 7 heteroatoms. The number of halogens is 2. The third-order valence-electron chi connectivity index (χ3n) is 6.53. The van der Waals surface area contributed by atoms with E-state index in [1.165, 1.54) is 0 Å². The molecule has 0 aliphatic heterocycles. The molecule has 0 heterocycles. The fourth-order valence-corrected chi connectivity index (χ4v) is 6.56. The first-order valence-corrected chi connectivity index (χ1v) is 9.73. The van der Waals surface area contributed by atoms with Crippen molar-refractivity contribution >= 4 is 10.1 Å². The van der Waals surface area contributed by atoms with Gasteiger partial charge in [-0.2, -0.15) is 8.42 Å². The van der Waals surface area contributed by atoms with Crippen LogP contribution in [0, 0.1) is 35.0 Å². The van der Waals surface area contributed by atoms with Crippen LogP contribution in [0.1, 0.15) is 39.0 Å². The Morgan fingerprint density at radius 2 is 2.00 bits per heavy atom. The number of hydrogen-bond donors (Lipinski definition) is 2. The normalized spacial score (nSPS) is 44.2. The van der Waals surface area contributed by atoms with Crippen molar-refractivity contribution in [3.63, 3.8) is 0 Å². The molecule has 0 aromatic carbocycles. The fourth-order valence-electron chi connectivity index (χ4n) is 5.71. The van der Waals surface area contributed by atoms with Gasteiger partial charge in [-0.25, -0.2) is 8.78 Å². The lowest BCUT2D eigenvalue weighted by molar-refractivity contribution is -0.246. The third-order valence-corrected chi connectivity index (χ3v) is 7.42. The van der Waals surface area contributed by atoms with E-state index < -0.39 is 39.0 Å². The standard InChI is InChI=1S/C15H25F2NO3S/c1-9-2-10-3-12-6-14(13(12)4-10,15(9,16)17)5-11(7-18)8-22(19,20)21/h9-13H,2-8,18H2,1H3,(H,19,20,21). The monoisotopic (exact) mass is 337 g/mol. The van der Waals surface area contributed by atoms with E-state index in [4.69, 9.17) is 10.3 Å². The molecule has 0 aromatic rings. The summed E-state index contributed by atoms with van der Waals surface area (Å²) >= 11 is 0. The van der Waals surface area contributed by atoms with Gasteiger partial charge in [0.25, 0.3) is 16.0 Å². The molecule has 6 atom stereocenters. The van der Waals surface area contributed by atoms with Gasteiger partial charge in [-0.05, 0) is 62.3 Å². The quantitative estimate of drug-likeness (QED) is 0.756. The summed E-state index contributed by atoms with van der Waals surface area (Å²) in [7, 11) is -4.19. The average molecular weight is 337 g/mol. The first-order chi connectivity index (χ1) is 10.1. The molecule has 2 bridgehead atoms. The van der Waals surface area contributed by atoms with Crippen LogP contribution in [-0.2, 0) is 10.1 Å². The van der Waals surface area contributed by atoms with E-state index >= 15 is 8.78 Å². The largest absolute Gasteiger partial charge is 0.330 e. The van der Waals surface area contributed by atoms with Crippen molar-refractivity contribution in [3.8, 4) is 0 Å². The van der Waals surface area contributed by atoms with E-state index in [0.717, 1.165) is 12.8 Å². The molecule has 0 radical (unpaired) electrons. The predicted molar refractivity (Wildman–Crippen MR) is 79.1 cm³/mol. The molecule has 3 aliphatic carbocycles. The van der Waals surface area contributed by atoms with Gasteiger partial charge in [0.2, 0.25) is 0 Å². The van der Waals surface area contributed by atoms with Crippen LogP contribution in [0.3, 0.4) is 0 Å². The van der Waals surface area contributed by atoms with Gasteiger partial charge in [-0.3, -0.25) is 4.55 Å². The molecule has 128 valence electrons. The minimum Gasteiger partial charge on any atom is -0.330 e. The van der Waals surface area contributed by atoms with Gasteiger partial charge >= 0.3 is 0 Å². The third kappa shape index (κ3) is 2.40. The Balaban J connectivity index is 1.88. The number of hydrogen-bond acceptors (Lipinski definition) is 3. The molecule has 3 fully saturated rings. The Bertz CT molecular complexity index is 553. The summed E-state index contributed by atoms with van der Waals surface area (Å²) in [6, 6.07) is 0. The van der Waals surface area contributed by atoms with Crippen LogP contribution >= 0.6 is 0 Å². The first kappa shape index (κ1) is 16.6. The van der Waals surface area contributed by atoms with E-state index in [-0.39, 0.29) is 18.9 Å². The van der Waals surface area contributed by atoms with Crippen LogP contribution in [0.25, 0.3) is 0 Å². The number of alkyl halides is 2. The molecule has 3 aliphatic rings. The van der Waals surface area contributed by atoms with Crippen LogP contribution in [-0.4, -0.2) is 31.2 Å². The van der Waals surface area contributed by atoms with Crippen LogP contribution in [0.2, 0.25) is 0 Å². The summed E-state index contributed by atoms with van der Waals surface area (Å²) < 4.78 is 61.5. The summed E-state index contributed by atoms with van der Waals surface area (Å²) in [5.41, 5.74) is 4.50. The van der Waals surface area contributed by atoms with Crippen molar-refractivity contribution in [1.82, 2.24) is 0 Å². The number of fused-ring (bicyclic) bond motifs is 1. The summed E-state index contributed by atoms with van der Waals surface area (Å²) in [6.45, 7) is 1.63. The Kier molecular flexibility index (Phi) is 3.85. The molecular formula is C15H25F2NO3S. The summed E-state index contributed by atoms with van der Waals surface area (Å²) in [4.78, 5) is 0. The molecule has 0 aromatic heterocycles. The van der Waals surface area contributed by atoms with E-state index in [0.29, 0.717) is 24.7 Å². The molecule has 22 heavy (non-hydrogen) atoms. The first-order valence-electron chi connectivity index (χ1n) is 8.12. The van der Waals surface area contributed by atoms with Gasteiger partial charge in [0.15, 0.2) is 0 Å². The zero-order chi connectivity index (χ0) is 16.3. The van der Waals surface area contributed by atoms with Crippen molar-refractivity contribution in [2.75, 3.05) is 12.3 Å². The van der Waals surface area contributed by atoms with Crippen molar-refractivity contribution in [3.05, 3.63) is 0 Å². The molecule has 0 amide bonds. The van der Waals surface area contributed by atoms with Crippen molar-refractivity contribution in [1.29, 1.82) is 0 Å². The topological polar surface area (TPSA) is 80.4 Å². The zero-order valence-electron chi connectivity index (χ0n) is 12.8. The van der Waals surface area contributed by atoms with Crippen LogP contribution < -0.4 is 5.73 Å². The second kappa shape index (κ2) is 5.11. The van der Waals surface area contributed by atoms with Gasteiger partial charge in [0.1, 0.15) is 0 Å². The van der Waals surface area contributed by atoms with Gasteiger partial charge in [0.05, 0.1) is 5.75 Å². The highest BCUT2D eigenvalue weighted by Crippen LogP contribution is 2.72. The molecule has 0 spiro atoms. The van der Waals surface area contributed by atoms with Gasteiger partial charge in [-0.1, -0.05) is 6.92 Å². The second-order valence-corrected chi connectivity index (χ2v) is 9.38. The maximum Gasteiger partial charge on any atom is 0.265 e. The highest BCUT2D eigenvalue weighted by molar-refractivity contribution is 7.85. The molecule has 6 unspecified atom stereocenters. The van der Waals surface area contributed by atoms with E-state index in [2.05, 4.69) is 0 Å². The maximum atomic E-state index is 15.1. The van der Waals surface area contributed by atoms with E-state index in [1.807, 2.05) is 0 Å². The number of nitrogens with two attached hydrogens (primary N) is 1. The molecule has 4 nitrogen and oxygen atoms in total. The van der Waals surface area contributed by atoms with Crippen LogP contribution in [0.5, 0.6) is 0 Å². The Morgan fingerprint density at radius 3 is 2.59 bits per heavy atom. The van der Waals surface area contributed by atoms with Crippen molar-refractivity contribution in [2.24, 2.45) is 40.7 Å². The molecule has 3 rings (SSSR count). The van der Waals surface area contributed by atoms with E-state index in [9.17, 15) is 8.42 Å². The minimum atomic E-state index is -4.19. The van der Waals surface area contributed by atoms with Gasteiger partial charge in [0, 0.05) is 11.3 Å². The smallest absolute Gasteiger partial charge is 0.265 e. The second-order valence-electron chi connectivity index (χ2n) is 7.88. The Labute approximate surface area is 130 Å². The zero-order valence-corrected chi connectivity index (χ0v) is 13.7. The summed E-state index contributed by atoms with van der Waals surface area (Å²) in [5, 5.41) is 0. The molecular weight excluding hydrogens is 312 g/mol. The summed E-state index contributed by atoms with van der Waals surface area (Å²) in [5.74, 6) is -3.83. The minimum absolute atomic E-state index is 0.00658. The van der Waals surface area contributed by atoms with Crippen LogP contribution in [0.4, 0.5) is 8.78 Å². The number of rotatable bonds is 5. The lowest BCUT2D eigenvalue weighted by Crippen LogP contribution is -2.60. The summed E-state index contributed by atoms with van der Waals surface area (Å²) in [6.07, 6.45) is 3.03. The maximum absolute atomic E-state index is 15.1. The molecule has 3 saturated carbocycles. The van der Waals surface area contributed by atoms with E-state index in [1.54, 1.807) is 6.92 Å². The fraction of sp³-hybridized carbons (Fsp3) is 1.00. The predicted octanol–water partition coefficient (Wildman–Crippen LogP) is 2.55. The lowest BCUT2D eigenvalue weighted by Gasteiger charge is -2.59. The van der Waals surface area contributed by atoms with Crippen molar-refractivity contribution in [2.45, 2.75) is 45.0 Å². The Hall–Kier alpha value is -0.270. The SMILES string of the molecule is CC1CC2CC3CC(CC(CN)CS(=O)(=O)O)(C3C2)C1(F)F. The molecule has 3 N–H and O–H groups in total. The lowest BCUT2D eigenvalue weighted by atomic mass is 9.48. The van der Waals surface area contributed by atoms with Gasteiger partial charge in [-0.15, -0.1) is 0 Å². The van der Waals surface area contributed by atoms with Crippen LogP contribution in [0.15, 0.2) is 0 Å². The van der Waals surface area contributed by atoms with Crippen molar-refractivity contribution < 1.29 is 21.8 Å². The average Bonchev–Trinajstić information content (AvgIpc) is 2.68. The Morgan fingerprint density at radius 1 is 1.32 bits per heavy atom. The van der Waals surface area contributed by atoms with Gasteiger partial charge < -0.3 is 5.73 Å². The highest BCUT2D eigenvalue weighted by Gasteiger charge is 2.71.